The predicted octanol–water partition coefficient (Wildman–Crippen LogP) is 4.98. The molecule has 4 aliphatic rings. The number of ether oxygens (including phenoxy) is 2. The fraction of sp³-hybridized carbons (Fsp3) is 0.955. The first-order valence-corrected chi connectivity index (χ1v) is 10.7. The normalized spacial score (nSPS) is 49.0. The van der Waals surface area contributed by atoms with E-state index in [1.807, 2.05) is 7.11 Å². The summed E-state index contributed by atoms with van der Waals surface area (Å²) in [5.41, 5.74) is 0.652. The van der Waals surface area contributed by atoms with Gasteiger partial charge in [-0.15, -0.1) is 0 Å². The molecule has 0 bridgehead atoms. The van der Waals surface area contributed by atoms with Gasteiger partial charge in [0, 0.05) is 19.4 Å². The molecular formula is C22H36O3. The van der Waals surface area contributed by atoms with Gasteiger partial charge in [-0.25, -0.2) is 0 Å². The molecule has 0 aromatic carbocycles. The monoisotopic (exact) mass is 348 g/mol. The van der Waals surface area contributed by atoms with Crippen LogP contribution in [0, 0.1) is 34.5 Å². The van der Waals surface area contributed by atoms with Crippen LogP contribution in [0.4, 0.5) is 0 Å². The molecule has 4 aliphatic carbocycles. The molecule has 6 unspecified atom stereocenters. The fourth-order valence-electron chi connectivity index (χ4n) is 7.93. The molecule has 0 radical (unpaired) electrons. The van der Waals surface area contributed by atoms with Crippen molar-refractivity contribution in [3.63, 3.8) is 0 Å². The lowest BCUT2D eigenvalue weighted by molar-refractivity contribution is -0.170. The van der Waals surface area contributed by atoms with Crippen LogP contribution in [0.15, 0.2) is 0 Å². The molecule has 0 heterocycles. The van der Waals surface area contributed by atoms with E-state index in [0.717, 1.165) is 23.7 Å². The Morgan fingerprint density at radius 3 is 2.60 bits per heavy atom. The second-order valence-corrected chi connectivity index (χ2v) is 9.76. The highest BCUT2D eigenvalue weighted by Crippen LogP contribution is 2.66. The van der Waals surface area contributed by atoms with Crippen LogP contribution in [-0.2, 0) is 14.3 Å². The number of hydrogen-bond acceptors (Lipinski definition) is 3. The van der Waals surface area contributed by atoms with E-state index in [9.17, 15) is 4.79 Å². The minimum absolute atomic E-state index is 0.0956. The van der Waals surface area contributed by atoms with Crippen LogP contribution in [-0.4, -0.2) is 25.8 Å². The fourth-order valence-corrected chi connectivity index (χ4v) is 7.93. The molecule has 7 atom stereocenters. The van der Waals surface area contributed by atoms with E-state index in [0.29, 0.717) is 18.1 Å². The summed E-state index contributed by atoms with van der Waals surface area (Å²) in [7, 11) is 1.91. The summed E-state index contributed by atoms with van der Waals surface area (Å²) in [6, 6.07) is 0. The molecule has 0 aliphatic heterocycles. The summed E-state index contributed by atoms with van der Waals surface area (Å²) in [6.07, 6.45) is 13.7. The first-order valence-electron chi connectivity index (χ1n) is 10.7. The Bertz CT molecular complexity index is 517. The van der Waals surface area contributed by atoms with E-state index < -0.39 is 0 Å². The Balaban J connectivity index is 1.63. The van der Waals surface area contributed by atoms with Gasteiger partial charge in [0.25, 0.3) is 0 Å². The lowest BCUT2D eigenvalue weighted by atomic mass is 9.45. The van der Waals surface area contributed by atoms with Crippen LogP contribution >= 0.6 is 0 Å². The zero-order valence-electron chi connectivity index (χ0n) is 16.4. The Hall–Kier alpha value is -0.570. The Morgan fingerprint density at radius 1 is 1.00 bits per heavy atom. The summed E-state index contributed by atoms with van der Waals surface area (Å²) in [5.74, 6) is 3.09. The van der Waals surface area contributed by atoms with E-state index in [-0.39, 0.29) is 11.4 Å². The number of esters is 1. The zero-order chi connectivity index (χ0) is 17.7. The molecule has 3 heteroatoms. The lowest BCUT2D eigenvalue weighted by Gasteiger charge is -2.61. The number of rotatable bonds is 3. The molecule has 0 saturated heterocycles. The van der Waals surface area contributed by atoms with E-state index in [1.54, 1.807) is 6.92 Å². The molecule has 142 valence electrons. The van der Waals surface area contributed by atoms with Gasteiger partial charge in [0.05, 0.1) is 12.7 Å². The summed E-state index contributed by atoms with van der Waals surface area (Å²) in [5, 5.41) is 0. The molecular weight excluding hydrogens is 312 g/mol. The SMILES string of the molecule is COC1CCC2C3CCC4CCCC[C@]4(COC(C)=O)C3CCC12C. The Labute approximate surface area is 153 Å². The highest BCUT2D eigenvalue weighted by molar-refractivity contribution is 5.65. The summed E-state index contributed by atoms with van der Waals surface area (Å²) in [6.45, 7) is 4.76. The quantitative estimate of drug-likeness (QED) is 0.675. The molecule has 0 amide bonds. The Kier molecular flexibility index (Phi) is 4.67. The van der Waals surface area contributed by atoms with Crippen molar-refractivity contribution in [1.82, 2.24) is 0 Å². The average Bonchev–Trinajstić information content (AvgIpc) is 2.96. The van der Waals surface area contributed by atoms with Gasteiger partial charge in [0.2, 0.25) is 0 Å². The molecule has 4 rings (SSSR count). The zero-order valence-corrected chi connectivity index (χ0v) is 16.4. The standard InChI is InChI=1S/C22H36O3/c1-15(23)25-14-22-12-5-4-6-16(22)7-8-17-18-9-10-20(24-3)21(18,2)13-11-19(17)22/h16-20H,4-14H2,1-3H3/t16?,17?,18?,19?,20?,21?,22-/m1/s1. The van der Waals surface area contributed by atoms with Crippen LogP contribution in [0.25, 0.3) is 0 Å². The third kappa shape index (κ3) is 2.67. The molecule has 0 spiro atoms. The molecule has 0 N–H and O–H groups in total. The number of hydrogen-bond donors (Lipinski definition) is 0. The average molecular weight is 349 g/mol. The van der Waals surface area contributed by atoms with E-state index >= 15 is 0 Å². The van der Waals surface area contributed by atoms with E-state index in [1.165, 1.54) is 64.2 Å². The molecule has 25 heavy (non-hydrogen) atoms. The van der Waals surface area contributed by atoms with Gasteiger partial charge in [-0.2, -0.15) is 0 Å². The largest absolute Gasteiger partial charge is 0.465 e. The third-order valence-electron chi connectivity index (χ3n) is 9.02. The van der Waals surface area contributed by atoms with Gasteiger partial charge in [0.15, 0.2) is 0 Å². The van der Waals surface area contributed by atoms with Crippen molar-refractivity contribution in [2.24, 2.45) is 34.5 Å². The summed E-state index contributed by atoms with van der Waals surface area (Å²) in [4.78, 5) is 11.6. The van der Waals surface area contributed by atoms with Gasteiger partial charge in [-0.1, -0.05) is 19.8 Å². The molecule has 3 nitrogen and oxygen atoms in total. The number of carbonyl (C=O) groups is 1. The minimum Gasteiger partial charge on any atom is -0.465 e. The van der Waals surface area contributed by atoms with Crippen molar-refractivity contribution in [3.05, 3.63) is 0 Å². The second-order valence-electron chi connectivity index (χ2n) is 9.76. The van der Waals surface area contributed by atoms with Crippen molar-refractivity contribution in [3.8, 4) is 0 Å². The van der Waals surface area contributed by atoms with E-state index in [2.05, 4.69) is 6.92 Å². The first kappa shape index (κ1) is 17.8. The lowest BCUT2D eigenvalue weighted by Crippen LogP contribution is -2.56. The maximum absolute atomic E-state index is 11.6. The third-order valence-corrected chi connectivity index (χ3v) is 9.02. The Morgan fingerprint density at radius 2 is 1.84 bits per heavy atom. The van der Waals surface area contributed by atoms with Crippen molar-refractivity contribution >= 4 is 5.97 Å². The van der Waals surface area contributed by atoms with Crippen molar-refractivity contribution in [2.75, 3.05) is 13.7 Å². The van der Waals surface area contributed by atoms with Crippen LogP contribution in [0.3, 0.4) is 0 Å². The second kappa shape index (κ2) is 6.55. The maximum Gasteiger partial charge on any atom is 0.302 e. The van der Waals surface area contributed by atoms with Gasteiger partial charge in [-0.05, 0) is 80.5 Å². The van der Waals surface area contributed by atoms with Crippen LogP contribution in [0.1, 0.15) is 78.1 Å². The summed E-state index contributed by atoms with van der Waals surface area (Å²) < 4.78 is 11.6. The van der Waals surface area contributed by atoms with Crippen LogP contribution < -0.4 is 0 Å². The summed E-state index contributed by atoms with van der Waals surface area (Å²) >= 11 is 0. The van der Waals surface area contributed by atoms with Gasteiger partial charge in [-0.3, -0.25) is 4.79 Å². The molecule has 0 aromatic heterocycles. The first-order chi connectivity index (χ1) is 12.0. The topological polar surface area (TPSA) is 35.5 Å². The van der Waals surface area contributed by atoms with Crippen LogP contribution in [0.2, 0.25) is 0 Å². The highest BCUT2D eigenvalue weighted by atomic mass is 16.5. The van der Waals surface area contributed by atoms with Crippen molar-refractivity contribution in [1.29, 1.82) is 0 Å². The smallest absolute Gasteiger partial charge is 0.302 e. The van der Waals surface area contributed by atoms with Gasteiger partial charge >= 0.3 is 5.97 Å². The van der Waals surface area contributed by atoms with Crippen molar-refractivity contribution < 1.29 is 14.3 Å². The van der Waals surface area contributed by atoms with Crippen LogP contribution in [0.5, 0.6) is 0 Å². The number of carbonyl (C=O) groups excluding carboxylic acids is 1. The minimum atomic E-state index is -0.0956. The molecule has 0 aromatic rings. The highest BCUT2D eigenvalue weighted by Gasteiger charge is 2.61. The molecule has 4 fully saturated rings. The van der Waals surface area contributed by atoms with Gasteiger partial charge in [0.1, 0.15) is 0 Å². The molecule has 4 saturated carbocycles. The maximum atomic E-state index is 11.6. The number of fused-ring (bicyclic) bond motifs is 5. The van der Waals surface area contributed by atoms with E-state index in [4.69, 9.17) is 9.47 Å². The predicted molar refractivity (Wildman–Crippen MR) is 98.1 cm³/mol. The van der Waals surface area contributed by atoms with Gasteiger partial charge < -0.3 is 9.47 Å². The number of methoxy groups -OCH3 is 1. The van der Waals surface area contributed by atoms with Crippen molar-refractivity contribution in [2.45, 2.75) is 84.2 Å².